The molecular formula is C20H20N2O7. The molecule has 29 heavy (non-hydrogen) atoms. The number of esters is 1. The predicted molar refractivity (Wildman–Crippen MR) is 106 cm³/mol. The number of aryl methyl sites for hydroxylation is 1. The molecule has 1 amide bonds. The van der Waals surface area contributed by atoms with Gasteiger partial charge in [-0.05, 0) is 24.6 Å². The molecule has 0 aliphatic rings. The fourth-order valence-corrected chi connectivity index (χ4v) is 2.43. The Hall–Kier alpha value is -3.88. The van der Waals surface area contributed by atoms with Crippen molar-refractivity contribution in [3.63, 3.8) is 0 Å². The summed E-state index contributed by atoms with van der Waals surface area (Å²) in [5, 5.41) is 13.3. The van der Waals surface area contributed by atoms with Gasteiger partial charge in [0.2, 0.25) is 0 Å². The number of nitro benzene ring substituents is 1. The molecular weight excluding hydrogens is 380 g/mol. The van der Waals surface area contributed by atoms with Crippen molar-refractivity contribution in [2.24, 2.45) is 0 Å². The quantitative estimate of drug-likeness (QED) is 0.313. The number of nitro groups is 1. The summed E-state index contributed by atoms with van der Waals surface area (Å²) in [4.78, 5) is 34.2. The normalized spacial score (nSPS) is 10.4. The summed E-state index contributed by atoms with van der Waals surface area (Å²) in [6.45, 7) is 1.15. The van der Waals surface area contributed by atoms with Crippen LogP contribution in [0.3, 0.4) is 0 Å². The summed E-state index contributed by atoms with van der Waals surface area (Å²) in [6.07, 6.45) is 2.63. The lowest BCUT2D eigenvalue weighted by Gasteiger charge is -2.10. The first-order chi connectivity index (χ1) is 13.8. The van der Waals surface area contributed by atoms with Crippen molar-refractivity contribution in [2.45, 2.75) is 6.92 Å². The zero-order valence-electron chi connectivity index (χ0n) is 16.1. The Morgan fingerprint density at radius 3 is 2.59 bits per heavy atom. The van der Waals surface area contributed by atoms with Crippen LogP contribution in [0.1, 0.15) is 11.1 Å². The van der Waals surface area contributed by atoms with Crippen LogP contribution in [0.2, 0.25) is 0 Å². The highest BCUT2D eigenvalue weighted by molar-refractivity contribution is 5.95. The van der Waals surface area contributed by atoms with Crippen LogP contribution in [0.4, 0.5) is 11.4 Å². The Balaban J connectivity index is 1.96. The molecule has 2 aromatic carbocycles. The Labute approximate surface area is 167 Å². The average Bonchev–Trinajstić information content (AvgIpc) is 2.71. The first-order valence-electron chi connectivity index (χ1n) is 8.46. The molecule has 0 spiro atoms. The van der Waals surface area contributed by atoms with Gasteiger partial charge < -0.3 is 19.5 Å². The predicted octanol–water partition coefficient (Wildman–Crippen LogP) is 3.12. The molecule has 0 bridgehead atoms. The number of hydrogen-bond acceptors (Lipinski definition) is 7. The summed E-state index contributed by atoms with van der Waals surface area (Å²) in [5.41, 5.74) is 1.36. The lowest BCUT2D eigenvalue weighted by Crippen LogP contribution is -2.20. The van der Waals surface area contributed by atoms with E-state index in [4.69, 9.17) is 14.2 Å². The van der Waals surface area contributed by atoms with Gasteiger partial charge in [0, 0.05) is 23.8 Å². The molecule has 152 valence electrons. The molecule has 0 aliphatic carbocycles. The highest BCUT2D eigenvalue weighted by Crippen LogP contribution is 2.31. The van der Waals surface area contributed by atoms with E-state index < -0.39 is 23.4 Å². The van der Waals surface area contributed by atoms with Gasteiger partial charge in [-0.1, -0.05) is 18.2 Å². The van der Waals surface area contributed by atoms with E-state index >= 15 is 0 Å². The standard InChI is InChI=1S/C20H20N2O7/c1-13-7-9-15(22(25)26)11-16(13)21-18(23)12-29-19(24)10-8-14-5-4-6-17(27-2)20(14)28-3/h4-11H,12H2,1-3H3,(H,21,23)/b10-8+. The lowest BCUT2D eigenvalue weighted by molar-refractivity contribution is -0.384. The molecule has 1 N–H and O–H groups in total. The molecule has 0 radical (unpaired) electrons. The third kappa shape index (κ3) is 5.80. The number of rotatable bonds is 8. The second-order valence-corrected chi connectivity index (χ2v) is 5.83. The Kier molecular flexibility index (Phi) is 7.30. The van der Waals surface area contributed by atoms with E-state index in [0.717, 1.165) is 6.08 Å². The topological polar surface area (TPSA) is 117 Å². The highest BCUT2D eigenvalue weighted by Gasteiger charge is 2.12. The van der Waals surface area contributed by atoms with Gasteiger partial charge in [0.15, 0.2) is 18.1 Å². The number of para-hydroxylation sites is 1. The first-order valence-corrected chi connectivity index (χ1v) is 8.46. The number of nitrogens with one attached hydrogen (secondary N) is 1. The number of amides is 1. The molecule has 2 rings (SSSR count). The van der Waals surface area contributed by atoms with Gasteiger partial charge in [-0.25, -0.2) is 4.79 Å². The number of ether oxygens (including phenoxy) is 3. The maximum Gasteiger partial charge on any atom is 0.331 e. The Morgan fingerprint density at radius 2 is 1.93 bits per heavy atom. The van der Waals surface area contributed by atoms with Crippen LogP contribution in [0, 0.1) is 17.0 Å². The summed E-state index contributed by atoms with van der Waals surface area (Å²) in [7, 11) is 2.98. The summed E-state index contributed by atoms with van der Waals surface area (Å²) >= 11 is 0. The van der Waals surface area contributed by atoms with Crippen LogP contribution in [-0.2, 0) is 14.3 Å². The minimum absolute atomic E-state index is 0.155. The number of hydrogen-bond donors (Lipinski definition) is 1. The third-order valence-corrected chi connectivity index (χ3v) is 3.88. The number of non-ortho nitro benzene ring substituents is 1. The molecule has 2 aromatic rings. The van der Waals surface area contributed by atoms with E-state index in [2.05, 4.69) is 5.32 Å². The minimum atomic E-state index is -0.735. The monoisotopic (exact) mass is 400 g/mol. The molecule has 0 unspecified atom stereocenters. The molecule has 0 aromatic heterocycles. The number of carbonyl (C=O) groups is 2. The van der Waals surface area contributed by atoms with Crippen LogP contribution < -0.4 is 14.8 Å². The van der Waals surface area contributed by atoms with Gasteiger partial charge >= 0.3 is 5.97 Å². The van der Waals surface area contributed by atoms with E-state index in [0.29, 0.717) is 22.6 Å². The summed E-state index contributed by atoms with van der Waals surface area (Å²) < 4.78 is 15.3. The van der Waals surface area contributed by atoms with E-state index in [1.54, 1.807) is 25.1 Å². The van der Waals surface area contributed by atoms with Gasteiger partial charge in [0.25, 0.3) is 11.6 Å². The van der Waals surface area contributed by atoms with Crippen LogP contribution >= 0.6 is 0 Å². The zero-order valence-corrected chi connectivity index (χ0v) is 16.1. The molecule has 0 heterocycles. The van der Waals surface area contributed by atoms with Crippen molar-refractivity contribution in [1.82, 2.24) is 0 Å². The van der Waals surface area contributed by atoms with E-state index in [1.807, 2.05) is 0 Å². The molecule has 0 atom stereocenters. The second-order valence-electron chi connectivity index (χ2n) is 5.83. The number of benzene rings is 2. The number of carbonyl (C=O) groups excluding carboxylic acids is 2. The van der Waals surface area contributed by atoms with Crippen molar-refractivity contribution in [1.29, 1.82) is 0 Å². The smallest absolute Gasteiger partial charge is 0.331 e. The van der Waals surface area contributed by atoms with Gasteiger partial charge in [-0.2, -0.15) is 0 Å². The molecule has 9 nitrogen and oxygen atoms in total. The second kappa shape index (κ2) is 9.88. The molecule has 0 aliphatic heterocycles. The van der Waals surface area contributed by atoms with Gasteiger partial charge in [0.1, 0.15) is 0 Å². The molecule has 0 saturated carbocycles. The lowest BCUT2D eigenvalue weighted by atomic mass is 10.1. The van der Waals surface area contributed by atoms with Crippen molar-refractivity contribution >= 4 is 29.3 Å². The van der Waals surface area contributed by atoms with Crippen LogP contribution in [-0.4, -0.2) is 37.6 Å². The van der Waals surface area contributed by atoms with Crippen LogP contribution in [0.25, 0.3) is 6.08 Å². The molecule has 0 saturated heterocycles. The van der Waals surface area contributed by atoms with Gasteiger partial charge in [-0.3, -0.25) is 14.9 Å². The number of methoxy groups -OCH3 is 2. The van der Waals surface area contributed by atoms with E-state index in [9.17, 15) is 19.7 Å². The Morgan fingerprint density at radius 1 is 1.17 bits per heavy atom. The van der Waals surface area contributed by atoms with Crippen molar-refractivity contribution < 1.29 is 28.7 Å². The summed E-state index contributed by atoms with van der Waals surface area (Å²) in [5.74, 6) is -0.386. The van der Waals surface area contributed by atoms with Crippen LogP contribution in [0.15, 0.2) is 42.5 Å². The molecule has 0 fully saturated rings. The van der Waals surface area contributed by atoms with Crippen molar-refractivity contribution in [3.8, 4) is 11.5 Å². The fraction of sp³-hybridized carbons (Fsp3) is 0.200. The van der Waals surface area contributed by atoms with Crippen LogP contribution in [0.5, 0.6) is 11.5 Å². The zero-order chi connectivity index (χ0) is 21.4. The summed E-state index contributed by atoms with van der Waals surface area (Å²) in [6, 6.07) is 9.27. The van der Waals surface area contributed by atoms with Crippen molar-refractivity contribution in [3.05, 3.63) is 63.7 Å². The maximum atomic E-state index is 12.0. The van der Waals surface area contributed by atoms with E-state index in [-0.39, 0.29) is 11.4 Å². The van der Waals surface area contributed by atoms with Gasteiger partial charge in [-0.15, -0.1) is 0 Å². The fourth-order valence-electron chi connectivity index (χ4n) is 2.43. The van der Waals surface area contributed by atoms with Crippen molar-refractivity contribution in [2.75, 3.05) is 26.1 Å². The SMILES string of the molecule is COc1cccc(/C=C/C(=O)OCC(=O)Nc2cc([N+](=O)[O-])ccc2C)c1OC. The third-order valence-electron chi connectivity index (χ3n) is 3.88. The largest absolute Gasteiger partial charge is 0.493 e. The van der Waals surface area contributed by atoms with Gasteiger partial charge in [0.05, 0.1) is 24.8 Å². The minimum Gasteiger partial charge on any atom is -0.493 e. The maximum absolute atomic E-state index is 12.0. The molecule has 9 heteroatoms. The highest BCUT2D eigenvalue weighted by atomic mass is 16.6. The Bertz CT molecular complexity index is 954. The number of nitrogens with zero attached hydrogens (tertiary/aromatic N) is 1. The first kappa shape index (κ1) is 21.4. The van der Waals surface area contributed by atoms with E-state index in [1.165, 1.54) is 38.5 Å². The average molecular weight is 400 g/mol. The number of anilines is 1.